The lowest BCUT2D eigenvalue weighted by atomic mass is 9.99. The number of hydrogen-bond donors (Lipinski definition) is 1. The minimum Gasteiger partial charge on any atom is -0.492 e. The molecule has 2 rings (SSSR count). The van der Waals surface area contributed by atoms with E-state index in [1.807, 2.05) is 48.5 Å². The zero-order valence-electron chi connectivity index (χ0n) is 11.0. The Morgan fingerprint density at radius 2 is 1.84 bits per heavy atom. The van der Waals surface area contributed by atoms with Gasteiger partial charge in [0, 0.05) is 5.56 Å². The van der Waals surface area contributed by atoms with Crippen molar-refractivity contribution < 1.29 is 4.74 Å². The Hall–Kier alpha value is -1.51. The first-order valence-corrected chi connectivity index (χ1v) is 6.83. The summed E-state index contributed by atoms with van der Waals surface area (Å²) in [4.78, 5) is 0. The molecule has 0 aliphatic heterocycles. The molecule has 100 valence electrons. The fourth-order valence-electron chi connectivity index (χ4n) is 1.97. The highest BCUT2D eigenvalue weighted by atomic mass is 35.5. The first kappa shape index (κ1) is 13.9. The molecule has 2 nitrogen and oxygen atoms in total. The molecule has 0 amide bonds. The molecule has 0 aliphatic carbocycles. The lowest BCUT2D eigenvalue weighted by Crippen LogP contribution is -2.14. The Morgan fingerprint density at radius 3 is 2.53 bits per heavy atom. The third-order valence-electron chi connectivity index (χ3n) is 2.94. The molecule has 3 heteroatoms. The predicted molar refractivity (Wildman–Crippen MR) is 79.7 cm³/mol. The van der Waals surface area contributed by atoms with Gasteiger partial charge in [0.1, 0.15) is 5.75 Å². The van der Waals surface area contributed by atoms with E-state index < -0.39 is 0 Å². The van der Waals surface area contributed by atoms with Crippen LogP contribution < -0.4 is 10.5 Å². The number of halogens is 1. The maximum absolute atomic E-state index is 6.32. The predicted octanol–water partition coefficient (Wildman–Crippen LogP) is 4.18. The maximum atomic E-state index is 6.32. The summed E-state index contributed by atoms with van der Waals surface area (Å²) in [6.07, 6.45) is 0.936. The maximum Gasteiger partial charge on any atom is 0.142 e. The van der Waals surface area contributed by atoms with Gasteiger partial charge in [-0.25, -0.2) is 0 Å². The quantitative estimate of drug-likeness (QED) is 0.888. The Morgan fingerprint density at radius 1 is 1.11 bits per heavy atom. The second-order valence-electron chi connectivity index (χ2n) is 4.40. The summed E-state index contributed by atoms with van der Waals surface area (Å²) in [6, 6.07) is 15.4. The molecule has 0 bridgehead atoms. The van der Waals surface area contributed by atoms with Crippen LogP contribution in [0.15, 0.2) is 48.5 Å². The van der Waals surface area contributed by atoms with E-state index in [2.05, 4.69) is 6.92 Å². The standard InChI is InChI=1S/C16H18ClNO/c1-2-11-19-16-13(9-6-10-14(16)17)15(18)12-7-4-3-5-8-12/h3-10,15H,2,11,18H2,1H3. The SMILES string of the molecule is CCCOc1c(Cl)cccc1C(N)c1ccccc1. The molecule has 0 aromatic heterocycles. The fourth-order valence-corrected chi connectivity index (χ4v) is 2.20. The summed E-state index contributed by atoms with van der Waals surface area (Å²) in [5.41, 5.74) is 8.29. The topological polar surface area (TPSA) is 35.2 Å². The van der Waals surface area contributed by atoms with E-state index in [1.54, 1.807) is 0 Å². The van der Waals surface area contributed by atoms with Crippen molar-refractivity contribution >= 4 is 11.6 Å². The first-order chi connectivity index (χ1) is 9.24. The molecule has 0 saturated carbocycles. The Kier molecular flexibility index (Phi) is 4.83. The zero-order chi connectivity index (χ0) is 13.7. The molecule has 2 aromatic carbocycles. The highest BCUT2D eigenvalue weighted by molar-refractivity contribution is 6.32. The van der Waals surface area contributed by atoms with Gasteiger partial charge in [-0.05, 0) is 18.1 Å². The normalized spacial score (nSPS) is 12.2. The van der Waals surface area contributed by atoms with Gasteiger partial charge in [0.15, 0.2) is 0 Å². The first-order valence-electron chi connectivity index (χ1n) is 6.45. The molecule has 0 aliphatic rings. The minimum atomic E-state index is -0.230. The van der Waals surface area contributed by atoms with Crippen molar-refractivity contribution in [3.63, 3.8) is 0 Å². The minimum absolute atomic E-state index is 0.230. The number of para-hydroxylation sites is 1. The highest BCUT2D eigenvalue weighted by Crippen LogP contribution is 2.34. The number of nitrogens with two attached hydrogens (primary N) is 1. The molecule has 19 heavy (non-hydrogen) atoms. The summed E-state index contributed by atoms with van der Waals surface area (Å²) in [7, 11) is 0. The van der Waals surface area contributed by atoms with E-state index in [-0.39, 0.29) is 6.04 Å². The van der Waals surface area contributed by atoms with Crippen molar-refractivity contribution in [1.82, 2.24) is 0 Å². The second kappa shape index (κ2) is 6.60. The van der Waals surface area contributed by atoms with Crippen molar-refractivity contribution in [1.29, 1.82) is 0 Å². The molecule has 0 fully saturated rings. The number of ether oxygens (including phenoxy) is 1. The van der Waals surface area contributed by atoms with E-state index in [0.717, 1.165) is 17.5 Å². The van der Waals surface area contributed by atoms with Crippen LogP contribution in [-0.4, -0.2) is 6.61 Å². The highest BCUT2D eigenvalue weighted by Gasteiger charge is 2.16. The number of hydrogen-bond acceptors (Lipinski definition) is 2. The fraction of sp³-hybridized carbons (Fsp3) is 0.250. The van der Waals surface area contributed by atoms with Crippen LogP contribution in [0.25, 0.3) is 0 Å². The number of benzene rings is 2. The van der Waals surface area contributed by atoms with Crippen molar-refractivity contribution in [2.75, 3.05) is 6.61 Å². The van der Waals surface area contributed by atoms with Gasteiger partial charge in [0.25, 0.3) is 0 Å². The Balaban J connectivity index is 2.36. The van der Waals surface area contributed by atoms with Crippen LogP contribution in [0.3, 0.4) is 0 Å². The molecule has 1 atom stereocenters. The molecular weight excluding hydrogens is 258 g/mol. The lowest BCUT2D eigenvalue weighted by molar-refractivity contribution is 0.313. The Bertz CT molecular complexity index is 528. The van der Waals surface area contributed by atoms with Crippen LogP contribution in [0.2, 0.25) is 5.02 Å². The van der Waals surface area contributed by atoms with E-state index in [4.69, 9.17) is 22.1 Å². The molecule has 0 saturated heterocycles. The van der Waals surface area contributed by atoms with Crippen LogP contribution >= 0.6 is 11.6 Å². The van der Waals surface area contributed by atoms with Crippen LogP contribution in [0.5, 0.6) is 5.75 Å². The van der Waals surface area contributed by atoms with Gasteiger partial charge in [-0.15, -0.1) is 0 Å². The van der Waals surface area contributed by atoms with Gasteiger partial charge in [-0.2, -0.15) is 0 Å². The third-order valence-corrected chi connectivity index (χ3v) is 3.24. The summed E-state index contributed by atoms with van der Waals surface area (Å²) in [5, 5.41) is 0.609. The van der Waals surface area contributed by atoms with Crippen LogP contribution in [-0.2, 0) is 0 Å². The molecule has 0 spiro atoms. The van der Waals surface area contributed by atoms with Crippen molar-refractivity contribution in [2.24, 2.45) is 5.73 Å². The van der Waals surface area contributed by atoms with E-state index in [9.17, 15) is 0 Å². The van der Waals surface area contributed by atoms with E-state index in [1.165, 1.54) is 0 Å². The van der Waals surface area contributed by atoms with E-state index in [0.29, 0.717) is 17.4 Å². The van der Waals surface area contributed by atoms with Gasteiger partial charge in [-0.1, -0.05) is 61.0 Å². The van der Waals surface area contributed by atoms with Crippen LogP contribution in [0.4, 0.5) is 0 Å². The molecule has 2 N–H and O–H groups in total. The molecular formula is C16H18ClNO. The average Bonchev–Trinajstić information content (AvgIpc) is 2.46. The molecule has 2 aromatic rings. The monoisotopic (exact) mass is 275 g/mol. The smallest absolute Gasteiger partial charge is 0.142 e. The van der Waals surface area contributed by atoms with Gasteiger partial charge in [0.05, 0.1) is 17.7 Å². The van der Waals surface area contributed by atoms with E-state index >= 15 is 0 Å². The van der Waals surface area contributed by atoms with Crippen molar-refractivity contribution in [2.45, 2.75) is 19.4 Å². The van der Waals surface area contributed by atoms with Gasteiger partial charge in [-0.3, -0.25) is 0 Å². The largest absolute Gasteiger partial charge is 0.492 e. The third kappa shape index (κ3) is 3.28. The summed E-state index contributed by atoms with van der Waals surface area (Å²) in [5.74, 6) is 0.697. The lowest BCUT2D eigenvalue weighted by Gasteiger charge is -2.18. The summed E-state index contributed by atoms with van der Waals surface area (Å²) < 4.78 is 5.75. The van der Waals surface area contributed by atoms with Crippen molar-refractivity contribution in [3.8, 4) is 5.75 Å². The second-order valence-corrected chi connectivity index (χ2v) is 4.80. The van der Waals surface area contributed by atoms with Gasteiger partial charge < -0.3 is 10.5 Å². The average molecular weight is 276 g/mol. The van der Waals surface area contributed by atoms with Gasteiger partial charge >= 0.3 is 0 Å². The van der Waals surface area contributed by atoms with Crippen molar-refractivity contribution in [3.05, 3.63) is 64.7 Å². The zero-order valence-corrected chi connectivity index (χ0v) is 11.7. The molecule has 0 heterocycles. The number of rotatable bonds is 5. The summed E-state index contributed by atoms with van der Waals surface area (Å²) >= 11 is 6.22. The van der Waals surface area contributed by atoms with Gasteiger partial charge in [0.2, 0.25) is 0 Å². The Labute approximate surface area is 119 Å². The molecule has 1 unspecified atom stereocenters. The van der Waals surface area contributed by atoms with Crippen LogP contribution in [0.1, 0.15) is 30.5 Å². The summed E-state index contributed by atoms with van der Waals surface area (Å²) in [6.45, 7) is 2.70. The van der Waals surface area contributed by atoms with Crippen LogP contribution in [0, 0.1) is 0 Å². The molecule has 0 radical (unpaired) electrons.